The second kappa shape index (κ2) is 5.59. The van der Waals surface area contributed by atoms with E-state index in [2.05, 4.69) is 15.9 Å². The van der Waals surface area contributed by atoms with Gasteiger partial charge < -0.3 is 5.73 Å². The average Bonchev–Trinajstić information content (AvgIpc) is 2.86. The van der Waals surface area contributed by atoms with Gasteiger partial charge in [0.05, 0.1) is 16.5 Å². The van der Waals surface area contributed by atoms with E-state index in [1.807, 2.05) is 6.07 Å². The number of rotatable bonds is 3. The van der Waals surface area contributed by atoms with Gasteiger partial charge in [0.25, 0.3) is 0 Å². The second-order valence-corrected chi connectivity index (χ2v) is 7.24. The van der Waals surface area contributed by atoms with Crippen LogP contribution in [-0.2, 0) is 10.0 Å². The third kappa shape index (κ3) is 2.82. The number of nitrogens with zero attached hydrogens (tertiary/aromatic N) is 2. The zero-order valence-electron chi connectivity index (χ0n) is 10.2. The van der Waals surface area contributed by atoms with Gasteiger partial charge in [-0.25, -0.2) is 8.42 Å². The summed E-state index contributed by atoms with van der Waals surface area (Å²) in [6.45, 7) is 0.803. The van der Waals surface area contributed by atoms with Gasteiger partial charge in [-0.2, -0.15) is 9.57 Å². The van der Waals surface area contributed by atoms with Crippen molar-refractivity contribution in [1.82, 2.24) is 4.31 Å². The monoisotopic (exact) mass is 343 g/mol. The lowest BCUT2D eigenvalue weighted by Crippen LogP contribution is -2.39. The van der Waals surface area contributed by atoms with Crippen LogP contribution in [0.1, 0.15) is 18.4 Å². The van der Waals surface area contributed by atoms with Crippen molar-refractivity contribution in [2.45, 2.75) is 23.8 Å². The maximum atomic E-state index is 12.6. The molecule has 1 fully saturated rings. The van der Waals surface area contributed by atoms with E-state index in [-0.39, 0.29) is 10.9 Å². The normalized spacial score (nSPS) is 20.4. The number of benzene rings is 1. The Hall–Kier alpha value is -0.940. The van der Waals surface area contributed by atoms with Crippen LogP contribution in [0.4, 0.5) is 0 Å². The SMILES string of the molecule is N#Cc1cc(Br)cc(S(=O)(=O)N2CCCC2CN)c1. The molecule has 0 radical (unpaired) electrons. The summed E-state index contributed by atoms with van der Waals surface area (Å²) in [6, 6.07) is 6.31. The largest absolute Gasteiger partial charge is 0.329 e. The molecule has 0 saturated carbocycles. The van der Waals surface area contributed by atoms with E-state index in [1.165, 1.54) is 16.4 Å². The van der Waals surface area contributed by atoms with Gasteiger partial charge in [0.1, 0.15) is 0 Å². The van der Waals surface area contributed by atoms with Gasteiger partial charge in [-0.3, -0.25) is 0 Å². The highest BCUT2D eigenvalue weighted by Gasteiger charge is 2.34. The van der Waals surface area contributed by atoms with Crippen LogP contribution in [-0.4, -0.2) is 31.9 Å². The second-order valence-electron chi connectivity index (χ2n) is 4.43. The predicted molar refractivity (Wildman–Crippen MR) is 74.8 cm³/mol. The van der Waals surface area contributed by atoms with Crippen LogP contribution in [0.25, 0.3) is 0 Å². The predicted octanol–water partition coefficient (Wildman–Crippen LogP) is 1.43. The number of hydrogen-bond acceptors (Lipinski definition) is 4. The average molecular weight is 344 g/mol. The molecule has 5 nitrogen and oxygen atoms in total. The van der Waals surface area contributed by atoms with E-state index in [9.17, 15) is 8.42 Å². The highest BCUT2D eigenvalue weighted by Crippen LogP contribution is 2.27. The van der Waals surface area contributed by atoms with E-state index in [0.717, 1.165) is 12.8 Å². The summed E-state index contributed by atoms with van der Waals surface area (Å²) < 4.78 is 27.1. The molecule has 19 heavy (non-hydrogen) atoms. The highest BCUT2D eigenvalue weighted by atomic mass is 79.9. The topological polar surface area (TPSA) is 87.2 Å². The number of halogens is 1. The molecule has 1 aromatic rings. The standard InChI is InChI=1S/C12H14BrN3O2S/c13-10-4-9(7-14)5-12(6-10)19(17,18)16-3-1-2-11(16)8-15/h4-6,11H,1-3,8,15H2. The van der Waals surface area contributed by atoms with Crippen LogP contribution >= 0.6 is 15.9 Å². The number of nitriles is 1. The highest BCUT2D eigenvalue weighted by molar-refractivity contribution is 9.10. The molecule has 1 aliphatic heterocycles. The molecule has 1 heterocycles. The molecule has 1 aromatic carbocycles. The molecule has 1 atom stereocenters. The summed E-state index contributed by atoms with van der Waals surface area (Å²) in [5, 5.41) is 8.92. The Morgan fingerprint density at radius 2 is 2.21 bits per heavy atom. The molecule has 2 rings (SSSR count). The summed E-state index contributed by atoms with van der Waals surface area (Å²) in [7, 11) is -3.58. The van der Waals surface area contributed by atoms with Crippen molar-refractivity contribution in [2.75, 3.05) is 13.1 Å². The smallest absolute Gasteiger partial charge is 0.243 e. The van der Waals surface area contributed by atoms with Crippen LogP contribution in [0.2, 0.25) is 0 Å². The minimum atomic E-state index is -3.58. The Labute approximate surface area is 121 Å². The third-order valence-corrected chi connectivity index (χ3v) is 5.59. The van der Waals surface area contributed by atoms with Crippen molar-refractivity contribution in [2.24, 2.45) is 5.73 Å². The Kier molecular flexibility index (Phi) is 4.26. The third-order valence-electron chi connectivity index (χ3n) is 3.20. The van der Waals surface area contributed by atoms with Crippen molar-refractivity contribution in [3.63, 3.8) is 0 Å². The van der Waals surface area contributed by atoms with Crippen LogP contribution in [0.3, 0.4) is 0 Å². The molecule has 0 spiro atoms. The Morgan fingerprint density at radius 1 is 1.47 bits per heavy atom. The molecular formula is C12H14BrN3O2S. The lowest BCUT2D eigenvalue weighted by Gasteiger charge is -2.23. The summed E-state index contributed by atoms with van der Waals surface area (Å²) in [5.74, 6) is 0. The molecule has 102 valence electrons. The molecule has 2 N–H and O–H groups in total. The molecule has 0 amide bonds. The van der Waals surface area contributed by atoms with Gasteiger partial charge in [0, 0.05) is 23.6 Å². The van der Waals surface area contributed by atoms with Crippen LogP contribution < -0.4 is 5.73 Å². The van der Waals surface area contributed by atoms with E-state index < -0.39 is 10.0 Å². The van der Waals surface area contributed by atoms with Crippen LogP contribution in [0.15, 0.2) is 27.6 Å². The fraction of sp³-hybridized carbons (Fsp3) is 0.417. The molecule has 0 aliphatic carbocycles. The molecule has 1 unspecified atom stereocenters. The van der Waals surface area contributed by atoms with Gasteiger partial charge in [-0.05, 0) is 31.0 Å². The van der Waals surface area contributed by atoms with Gasteiger partial charge in [-0.1, -0.05) is 15.9 Å². The van der Waals surface area contributed by atoms with Gasteiger partial charge >= 0.3 is 0 Å². The molecule has 0 aromatic heterocycles. The van der Waals surface area contributed by atoms with E-state index in [0.29, 0.717) is 23.1 Å². The maximum Gasteiger partial charge on any atom is 0.243 e. The van der Waals surface area contributed by atoms with Crippen molar-refractivity contribution in [1.29, 1.82) is 5.26 Å². The van der Waals surface area contributed by atoms with Crippen LogP contribution in [0, 0.1) is 11.3 Å². The van der Waals surface area contributed by atoms with E-state index in [4.69, 9.17) is 11.0 Å². The Bertz CT molecular complexity index is 624. The van der Waals surface area contributed by atoms with Gasteiger partial charge in [0.15, 0.2) is 0 Å². The van der Waals surface area contributed by atoms with Crippen molar-refractivity contribution in [3.05, 3.63) is 28.2 Å². The summed E-state index contributed by atoms with van der Waals surface area (Å²) in [4.78, 5) is 0.138. The van der Waals surface area contributed by atoms with Crippen LogP contribution in [0.5, 0.6) is 0 Å². The molecular weight excluding hydrogens is 330 g/mol. The number of sulfonamides is 1. The fourth-order valence-corrected chi connectivity index (χ4v) is 4.69. The quantitative estimate of drug-likeness (QED) is 0.899. The first kappa shape index (κ1) is 14.5. The summed E-state index contributed by atoms with van der Waals surface area (Å²) in [5.41, 5.74) is 5.93. The van der Waals surface area contributed by atoms with Crippen molar-refractivity contribution >= 4 is 26.0 Å². The maximum absolute atomic E-state index is 12.6. The summed E-state index contributed by atoms with van der Waals surface area (Å²) in [6.07, 6.45) is 1.61. The zero-order chi connectivity index (χ0) is 14.0. The molecule has 0 bridgehead atoms. The lowest BCUT2D eigenvalue weighted by molar-refractivity contribution is 0.393. The molecule has 1 saturated heterocycles. The Morgan fingerprint density at radius 3 is 2.84 bits per heavy atom. The van der Waals surface area contributed by atoms with Crippen molar-refractivity contribution < 1.29 is 8.42 Å². The van der Waals surface area contributed by atoms with Gasteiger partial charge in [0.2, 0.25) is 10.0 Å². The van der Waals surface area contributed by atoms with Crippen molar-refractivity contribution in [3.8, 4) is 6.07 Å². The minimum Gasteiger partial charge on any atom is -0.329 e. The number of hydrogen-bond donors (Lipinski definition) is 1. The first-order valence-electron chi connectivity index (χ1n) is 5.91. The molecule has 1 aliphatic rings. The van der Waals surface area contributed by atoms with Gasteiger partial charge in [-0.15, -0.1) is 0 Å². The minimum absolute atomic E-state index is 0.138. The zero-order valence-corrected chi connectivity index (χ0v) is 12.6. The summed E-state index contributed by atoms with van der Waals surface area (Å²) >= 11 is 3.23. The number of nitrogens with two attached hydrogens (primary N) is 1. The van der Waals surface area contributed by atoms with E-state index >= 15 is 0 Å². The van der Waals surface area contributed by atoms with E-state index in [1.54, 1.807) is 6.07 Å². The first-order chi connectivity index (χ1) is 8.98. The lowest BCUT2D eigenvalue weighted by atomic mass is 10.2. The fourth-order valence-electron chi connectivity index (χ4n) is 2.27. The first-order valence-corrected chi connectivity index (χ1v) is 8.15. The Balaban J connectivity index is 2.45. The molecule has 7 heteroatoms.